The number of hydrogen-bond acceptors (Lipinski definition) is 4. The SMILES string of the molecule is CCN(CC(N)=NO)S(=O)(=O)c1cccc(C(F)(F)F)c1. The van der Waals surface area contributed by atoms with Crippen molar-refractivity contribution in [2.45, 2.75) is 18.0 Å². The van der Waals surface area contributed by atoms with Crippen LogP contribution in [0, 0.1) is 0 Å². The summed E-state index contributed by atoms with van der Waals surface area (Å²) in [6.45, 7) is 1.01. The monoisotopic (exact) mass is 325 g/mol. The number of sulfonamides is 1. The summed E-state index contributed by atoms with van der Waals surface area (Å²) in [5, 5.41) is 11.1. The number of benzene rings is 1. The largest absolute Gasteiger partial charge is 0.416 e. The normalized spacial score (nSPS) is 13.7. The summed E-state index contributed by atoms with van der Waals surface area (Å²) in [5.74, 6) is -0.368. The summed E-state index contributed by atoms with van der Waals surface area (Å²) >= 11 is 0. The summed E-state index contributed by atoms with van der Waals surface area (Å²) in [4.78, 5) is -0.509. The molecule has 0 radical (unpaired) electrons. The Morgan fingerprint density at radius 3 is 2.52 bits per heavy atom. The van der Waals surface area contributed by atoms with Crippen LogP contribution in [0.25, 0.3) is 0 Å². The molecule has 0 bridgehead atoms. The molecule has 21 heavy (non-hydrogen) atoms. The van der Waals surface area contributed by atoms with E-state index in [-0.39, 0.29) is 12.4 Å². The van der Waals surface area contributed by atoms with Crippen LogP contribution in [0.5, 0.6) is 0 Å². The summed E-state index contributed by atoms with van der Waals surface area (Å²) in [6, 6.07) is 3.38. The van der Waals surface area contributed by atoms with E-state index in [1.807, 2.05) is 0 Å². The number of likely N-dealkylation sites (N-methyl/N-ethyl adjacent to an activating group) is 1. The van der Waals surface area contributed by atoms with Crippen LogP contribution in [0.2, 0.25) is 0 Å². The van der Waals surface area contributed by atoms with Gasteiger partial charge in [-0.2, -0.15) is 17.5 Å². The molecule has 3 N–H and O–H groups in total. The number of nitrogens with zero attached hydrogens (tertiary/aromatic N) is 2. The second kappa shape index (κ2) is 6.31. The molecule has 0 atom stereocenters. The summed E-state index contributed by atoms with van der Waals surface area (Å²) in [6.07, 6.45) is -4.64. The lowest BCUT2D eigenvalue weighted by Crippen LogP contribution is -2.38. The van der Waals surface area contributed by atoms with Gasteiger partial charge in [0.15, 0.2) is 5.84 Å². The molecule has 0 aliphatic rings. The fourth-order valence-corrected chi connectivity index (χ4v) is 3.03. The maximum absolute atomic E-state index is 12.6. The van der Waals surface area contributed by atoms with Gasteiger partial charge >= 0.3 is 6.18 Å². The molecule has 1 aromatic carbocycles. The van der Waals surface area contributed by atoms with Gasteiger partial charge < -0.3 is 10.9 Å². The van der Waals surface area contributed by atoms with Crippen molar-refractivity contribution in [3.63, 3.8) is 0 Å². The molecule has 0 aliphatic carbocycles. The first-order valence-electron chi connectivity index (χ1n) is 5.76. The number of amidine groups is 1. The molecule has 0 saturated carbocycles. The van der Waals surface area contributed by atoms with Gasteiger partial charge in [0.25, 0.3) is 0 Å². The Hall–Kier alpha value is -1.81. The van der Waals surface area contributed by atoms with Gasteiger partial charge in [0.2, 0.25) is 10.0 Å². The number of alkyl halides is 3. The van der Waals surface area contributed by atoms with E-state index < -0.39 is 33.2 Å². The molecular formula is C11H14F3N3O3S. The zero-order valence-electron chi connectivity index (χ0n) is 11.0. The first-order chi connectivity index (χ1) is 9.62. The first kappa shape index (κ1) is 17.2. The topological polar surface area (TPSA) is 96.0 Å². The van der Waals surface area contributed by atoms with Gasteiger partial charge in [-0.25, -0.2) is 8.42 Å². The van der Waals surface area contributed by atoms with Crippen LogP contribution in [0.4, 0.5) is 13.2 Å². The molecular weight excluding hydrogens is 311 g/mol. The van der Waals surface area contributed by atoms with E-state index in [1.165, 1.54) is 6.92 Å². The van der Waals surface area contributed by atoms with E-state index >= 15 is 0 Å². The highest BCUT2D eigenvalue weighted by molar-refractivity contribution is 7.89. The standard InChI is InChI=1S/C11H14F3N3O3S/c1-2-17(7-10(15)16-18)21(19,20)9-5-3-4-8(6-9)11(12,13)14/h3-6,18H,2,7H2,1H3,(H2,15,16). The molecule has 118 valence electrons. The van der Waals surface area contributed by atoms with E-state index in [4.69, 9.17) is 10.9 Å². The first-order valence-corrected chi connectivity index (χ1v) is 7.20. The Bertz CT molecular complexity index is 629. The molecule has 0 saturated heterocycles. The highest BCUT2D eigenvalue weighted by Crippen LogP contribution is 2.31. The van der Waals surface area contributed by atoms with Crippen LogP contribution in [0.3, 0.4) is 0 Å². The fourth-order valence-electron chi connectivity index (χ4n) is 1.56. The highest BCUT2D eigenvalue weighted by Gasteiger charge is 2.32. The van der Waals surface area contributed by atoms with E-state index in [0.717, 1.165) is 22.5 Å². The lowest BCUT2D eigenvalue weighted by Gasteiger charge is -2.20. The Kier molecular flexibility index (Phi) is 5.18. The highest BCUT2D eigenvalue weighted by atomic mass is 32.2. The third-order valence-electron chi connectivity index (χ3n) is 2.62. The molecule has 6 nitrogen and oxygen atoms in total. The molecule has 1 rings (SSSR count). The summed E-state index contributed by atoms with van der Waals surface area (Å²) in [5.41, 5.74) is 4.17. The molecule has 0 amide bonds. The van der Waals surface area contributed by atoms with E-state index in [2.05, 4.69) is 5.16 Å². The van der Waals surface area contributed by atoms with Gasteiger partial charge in [0.1, 0.15) is 0 Å². The third-order valence-corrected chi connectivity index (χ3v) is 4.54. The van der Waals surface area contributed by atoms with Gasteiger partial charge in [-0.3, -0.25) is 0 Å². The molecule has 0 aromatic heterocycles. The lowest BCUT2D eigenvalue weighted by atomic mass is 10.2. The van der Waals surface area contributed by atoms with Crippen molar-refractivity contribution < 1.29 is 26.8 Å². The zero-order valence-corrected chi connectivity index (χ0v) is 11.8. The molecule has 0 aliphatic heterocycles. The maximum atomic E-state index is 12.6. The minimum Gasteiger partial charge on any atom is -0.409 e. The maximum Gasteiger partial charge on any atom is 0.416 e. The van der Waals surface area contributed by atoms with Crippen LogP contribution in [0.15, 0.2) is 34.3 Å². The van der Waals surface area contributed by atoms with Crippen molar-refractivity contribution in [2.24, 2.45) is 10.9 Å². The predicted molar refractivity (Wildman–Crippen MR) is 69.3 cm³/mol. The van der Waals surface area contributed by atoms with Crippen molar-refractivity contribution in [3.05, 3.63) is 29.8 Å². The average molecular weight is 325 g/mol. The minimum absolute atomic E-state index is 0.0468. The predicted octanol–water partition coefficient (Wildman–Crippen LogP) is 1.46. The van der Waals surface area contributed by atoms with Crippen LogP contribution in [0.1, 0.15) is 12.5 Å². The van der Waals surface area contributed by atoms with E-state index in [1.54, 1.807) is 0 Å². The van der Waals surface area contributed by atoms with Crippen molar-refractivity contribution in [2.75, 3.05) is 13.1 Å². The molecule has 0 fully saturated rings. The Morgan fingerprint density at radius 1 is 1.43 bits per heavy atom. The summed E-state index contributed by atoms with van der Waals surface area (Å²) < 4.78 is 63.2. The third kappa shape index (κ3) is 4.08. The second-order valence-corrected chi connectivity index (χ2v) is 5.99. The van der Waals surface area contributed by atoms with Crippen molar-refractivity contribution in [1.82, 2.24) is 4.31 Å². The van der Waals surface area contributed by atoms with Gasteiger partial charge in [-0.05, 0) is 18.2 Å². The number of rotatable bonds is 5. The van der Waals surface area contributed by atoms with Crippen LogP contribution in [-0.4, -0.2) is 36.9 Å². The minimum atomic E-state index is -4.64. The number of oxime groups is 1. The van der Waals surface area contributed by atoms with E-state index in [9.17, 15) is 21.6 Å². The molecule has 1 aromatic rings. The van der Waals surface area contributed by atoms with Crippen LogP contribution >= 0.6 is 0 Å². The Labute approximate surface area is 119 Å². The Balaban J connectivity index is 3.23. The Morgan fingerprint density at radius 2 is 2.05 bits per heavy atom. The van der Waals surface area contributed by atoms with Crippen LogP contribution < -0.4 is 5.73 Å². The van der Waals surface area contributed by atoms with Gasteiger partial charge in [-0.15, -0.1) is 0 Å². The molecule has 10 heteroatoms. The quantitative estimate of drug-likeness (QED) is 0.371. The van der Waals surface area contributed by atoms with Gasteiger partial charge in [0.05, 0.1) is 17.0 Å². The fraction of sp³-hybridized carbons (Fsp3) is 0.364. The van der Waals surface area contributed by atoms with Crippen LogP contribution in [-0.2, 0) is 16.2 Å². The molecule has 0 unspecified atom stereocenters. The van der Waals surface area contributed by atoms with E-state index in [0.29, 0.717) is 6.07 Å². The van der Waals surface area contributed by atoms with Crippen molar-refractivity contribution >= 4 is 15.9 Å². The summed E-state index contributed by atoms with van der Waals surface area (Å²) in [7, 11) is -4.18. The van der Waals surface area contributed by atoms with Crippen molar-refractivity contribution in [3.8, 4) is 0 Å². The smallest absolute Gasteiger partial charge is 0.409 e. The van der Waals surface area contributed by atoms with Crippen molar-refractivity contribution in [1.29, 1.82) is 0 Å². The number of hydrogen-bond donors (Lipinski definition) is 2. The molecule has 0 heterocycles. The lowest BCUT2D eigenvalue weighted by molar-refractivity contribution is -0.137. The number of nitrogens with two attached hydrogens (primary N) is 1. The molecule has 0 spiro atoms. The van der Waals surface area contributed by atoms with Gasteiger partial charge in [-0.1, -0.05) is 18.1 Å². The average Bonchev–Trinajstić information content (AvgIpc) is 2.43. The second-order valence-electron chi connectivity index (χ2n) is 4.05. The van der Waals surface area contributed by atoms with Gasteiger partial charge in [0, 0.05) is 6.54 Å². The number of halogens is 3. The zero-order chi connectivity index (χ0) is 16.3.